The van der Waals surface area contributed by atoms with Crippen LogP contribution in [0.15, 0.2) is 32.7 Å². The first-order chi connectivity index (χ1) is 10.1. The molecule has 3 aromatic heterocycles. The second-order valence-electron chi connectivity index (χ2n) is 4.87. The molecule has 3 heterocycles. The quantitative estimate of drug-likeness (QED) is 0.670. The van der Waals surface area contributed by atoms with E-state index in [2.05, 4.69) is 34.2 Å². The molecule has 7 nitrogen and oxygen atoms in total. The van der Waals surface area contributed by atoms with Crippen LogP contribution in [0.5, 0.6) is 0 Å². The molecule has 0 fully saturated rings. The predicted molar refractivity (Wildman–Crippen MR) is 76.7 cm³/mol. The largest absolute Gasteiger partial charge is 0.472 e. The van der Waals surface area contributed by atoms with Crippen molar-refractivity contribution in [3.8, 4) is 11.4 Å². The molecule has 3 aromatic rings. The molecule has 0 aliphatic heterocycles. The van der Waals surface area contributed by atoms with Crippen molar-refractivity contribution < 1.29 is 8.94 Å². The fourth-order valence-corrected chi connectivity index (χ4v) is 2.66. The van der Waals surface area contributed by atoms with E-state index < -0.39 is 0 Å². The molecule has 0 aliphatic rings. The molecule has 3 rings (SSSR count). The van der Waals surface area contributed by atoms with Crippen molar-refractivity contribution in [1.29, 1.82) is 0 Å². The Kier molecular flexibility index (Phi) is 3.78. The van der Waals surface area contributed by atoms with E-state index in [1.165, 1.54) is 11.8 Å². The number of furan rings is 1. The summed E-state index contributed by atoms with van der Waals surface area (Å²) in [6.45, 7) is 4.18. The molecule has 110 valence electrons. The molecule has 0 aromatic carbocycles. The van der Waals surface area contributed by atoms with Gasteiger partial charge in [0, 0.05) is 13.0 Å². The Bertz CT molecular complexity index is 717. The third-order valence-electron chi connectivity index (χ3n) is 2.96. The molecular formula is C13H15N5O2S. The minimum absolute atomic E-state index is 0.341. The first-order valence-corrected chi connectivity index (χ1v) is 7.51. The summed E-state index contributed by atoms with van der Waals surface area (Å²) in [5.41, 5.74) is 0.802. The highest BCUT2D eigenvalue weighted by molar-refractivity contribution is 7.98. The number of hydrogen-bond donors (Lipinski definition) is 0. The summed E-state index contributed by atoms with van der Waals surface area (Å²) in [7, 11) is 1.96. The van der Waals surface area contributed by atoms with Gasteiger partial charge in [-0.1, -0.05) is 30.8 Å². The summed E-state index contributed by atoms with van der Waals surface area (Å²) in [5, 5.41) is 13.1. The van der Waals surface area contributed by atoms with Crippen LogP contribution in [-0.4, -0.2) is 24.9 Å². The average molecular weight is 305 g/mol. The molecule has 0 aliphatic carbocycles. The fourth-order valence-electron chi connectivity index (χ4n) is 1.90. The maximum Gasteiger partial charge on any atom is 0.237 e. The van der Waals surface area contributed by atoms with Gasteiger partial charge in [0.15, 0.2) is 5.16 Å². The Labute approximate surface area is 125 Å². The summed E-state index contributed by atoms with van der Waals surface area (Å²) < 4.78 is 12.2. The van der Waals surface area contributed by atoms with Gasteiger partial charge in [0.05, 0.1) is 17.6 Å². The van der Waals surface area contributed by atoms with Crippen LogP contribution >= 0.6 is 11.8 Å². The number of nitrogens with zero attached hydrogens (tertiary/aromatic N) is 5. The maximum absolute atomic E-state index is 5.22. The van der Waals surface area contributed by atoms with Crippen molar-refractivity contribution >= 4 is 11.8 Å². The standard InChI is InChI=1S/C13H15N5O2S/c1-8(2)12-15-16-13(18(12)3)21-7-10-14-11(17-20-10)9-4-5-19-6-9/h4-6,8H,7H2,1-3H3. The summed E-state index contributed by atoms with van der Waals surface area (Å²) in [4.78, 5) is 4.32. The number of rotatable bonds is 5. The monoisotopic (exact) mass is 305 g/mol. The third kappa shape index (κ3) is 2.85. The van der Waals surface area contributed by atoms with E-state index in [9.17, 15) is 0 Å². The zero-order valence-corrected chi connectivity index (χ0v) is 12.8. The van der Waals surface area contributed by atoms with Gasteiger partial charge in [0.25, 0.3) is 0 Å². The lowest BCUT2D eigenvalue weighted by molar-refractivity contribution is 0.391. The highest BCUT2D eigenvalue weighted by Gasteiger charge is 2.14. The molecule has 8 heteroatoms. The predicted octanol–water partition coefficient (Wildman–Crippen LogP) is 2.87. The summed E-state index contributed by atoms with van der Waals surface area (Å²) >= 11 is 1.52. The van der Waals surface area contributed by atoms with Crippen molar-refractivity contribution in [2.45, 2.75) is 30.7 Å². The normalized spacial score (nSPS) is 11.4. The van der Waals surface area contributed by atoms with Crippen LogP contribution in [0.4, 0.5) is 0 Å². The van der Waals surface area contributed by atoms with Crippen LogP contribution in [0.2, 0.25) is 0 Å². The van der Waals surface area contributed by atoms with Crippen LogP contribution in [0.1, 0.15) is 31.5 Å². The molecule has 0 saturated carbocycles. The Hall–Kier alpha value is -2.09. The van der Waals surface area contributed by atoms with Crippen LogP contribution in [0.25, 0.3) is 11.4 Å². The molecule has 0 saturated heterocycles. The zero-order chi connectivity index (χ0) is 14.8. The van der Waals surface area contributed by atoms with Gasteiger partial charge in [-0.05, 0) is 6.07 Å². The lowest BCUT2D eigenvalue weighted by Gasteiger charge is -2.04. The second-order valence-corrected chi connectivity index (χ2v) is 5.81. The molecular weight excluding hydrogens is 290 g/mol. The molecule has 0 bridgehead atoms. The molecule has 0 unspecified atom stereocenters. The molecule has 0 atom stereocenters. The van der Waals surface area contributed by atoms with Gasteiger partial charge in [-0.25, -0.2) is 0 Å². The Morgan fingerprint density at radius 1 is 1.33 bits per heavy atom. The van der Waals surface area contributed by atoms with E-state index in [0.717, 1.165) is 16.5 Å². The van der Waals surface area contributed by atoms with Crippen molar-refractivity contribution in [1.82, 2.24) is 24.9 Å². The van der Waals surface area contributed by atoms with Crippen LogP contribution in [0.3, 0.4) is 0 Å². The molecule has 21 heavy (non-hydrogen) atoms. The highest BCUT2D eigenvalue weighted by atomic mass is 32.2. The van der Waals surface area contributed by atoms with E-state index in [0.29, 0.717) is 23.4 Å². The number of hydrogen-bond acceptors (Lipinski definition) is 7. The van der Waals surface area contributed by atoms with Gasteiger partial charge < -0.3 is 13.5 Å². The number of aromatic nitrogens is 5. The smallest absolute Gasteiger partial charge is 0.237 e. The van der Waals surface area contributed by atoms with Crippen LogP contribution in [0, 0.1) is 0 Å². The van der Waals surface area contributed by atoms with Crippen LogP contribution < -0.4 is 0 Å². The minimum Gasteiger partial charge on any atom is -0.472 e. The van der Waals surface area contributed by atoms with Crippen molar-refractivity contribution in [3.05, 3.63) is 30.3 Å². The summed E-state index contributed by atoms with van der Waals surface area (Å²) in [5.74, 6) is 2.93. The maximum atomic E-state index is 5.22. The van der Waals surface area contributed by atoms with Crippen LogP contribution in [-0.2, 0) is 12.8 Å². The lowest BCUT2D eigenvalue weighted by atomic mass is 10.2. The molecule has 0 N–H and O–H groups in total. The SMILES string of the molecule is CC(C)c1nnc(SCc2nc(-c3ccoc3)no2)n1C. The van der Waals surface area contributed by atoms with E-state index in [-0.39, 0.29) is 0 Å². The van der Waals surface area contributed by atoms with Gasteiger partial charge in [-0.3, -0.25) is 0 Å². The Morgan fingerprint density at radius 2 is 2.19 bits per heavy atom. The van der Waals surface area contributed by atoms with Crippen molar-refractivity contribution in [2.24, 2.45) is 7.05 Å². The summed E-state index contributed by atoms with van der Waals surface area (Å²) in [6, 6.07) is 1.79. The van der Waals surface area contributed by atoms with Gasteiger partial charge in [0.2, 0.25) is 11.7 Å². The zero-order valence-electron chi connectivity index (χ0n) is 12.0. The first kappa shape index (κ1) is 13.9. The van der Waals surface area contributed by atoms with Crippen molar-refractivity contribution in [3.63, 3.8) is 0 Å². The number of thioether (sulfide) groups is 1. The second kappa shape index (κ2) is 5.72. The minimum atomic E-state index is 0.341. The molecule has 0 radical (unpaired) electrons. The third-order valence-corrected chi connectivity index (χ3v) is 3.96. The highest BCUT2D eigenvalue weighted by Crippen LogP contribution is 2.24. The fraction of sp³-hybridized carbons (Fsp3) is 0.385. The molecule has 0 amide bonds. The van der Waals surface area contributed by atoms with E-state index in [1.54, 1.807) is 18.6 Å². The lowest BCUT2D eigenvalue weighted by Crippen LogP contribution is -2.00. The Balaban J connectivity index is 1.68. The van der Waals surface area contributed by atoms with Gasteiger partial charge in [-0.15, -0.1) is 10.2 Å². The van der Waals surface area contributed by atoms with Gasteiger partial charge in [-0.2, -0.15) is 4.98 Å². The first-order valence-electron chi connectivity index (χ1n) is 6.52. The van der Waals surface area contributed by atoms with E-state index in [1.807, 2.05) is 11.6 Å². The van der Waals surface area contributed by atoms with Gasteiger partial charge >= 0.3 is 0 Å². The van der Waals surface area contributed by atoms with E-state index in [4.69, 9.17) is 8.94 Å². The van der Waals surface area contributed by atoms with E-state index >= 15 is 0 Å². The topological polar surface area (TPSA) is 82.8 Å². The van der Waals surface area contributed by atoms with Crippen molar-refractivity contribution in [2.75, 3.05) is 0 Å². The van der Waals surface area contributed by atoms with Gasteiger partial charge in [0.1, 0.15) is 12.1 Å². The Morgan fingerprint density at radius 3 is 2.86 bits per heavy atom. The molecule has 0 spiro atoms. The average Bonchev–Trinajstić information content (AvgIpc) is 3.17. The summed E-state index contributed by atoms with van der Waals surface area (Å²) in [6.07, 6.45) is 3.16.